The first-order valence-electron chi connectivity index (χ1n) is 4.83. The second-order valence-electron chi connectivity index (χ2n) is 2.71. The summed E-state index contributed by atoms with van der Waals surface area (Å²) >= 11 is 0. The molecule has 0 unspecified atom stereocenters. The molecule has 70 valence electrons. The summed E-state index contributed by atoms with van der Waals surface area (Å²) in [4.78, 5) is 0. The van der Waals surface area contributed by atoms with E-state index in [2.05, 4.69) is 27.7 Å². The van der Waals surface area contributed by atoms with E-state index in [-0.39, 0.29) is 21.1 Å². The molecular weight excluding hydrogens is 304 g/mol. The fourth-order valence-corrected chi connectivity index (χ4v) is 0.707. The van der Waals surface area contributed by atoms with Crippen LogP contribution in [-0.2, 0) is 21.1 Å². The third-order valence-electron chi connectivity index (χ3n) is 1.41. The summed E-state index contributed by atoms with van der Waals surface area (Å²) in [5.74, 6) is 0. The normalized spacial score (nSPS) is 7.64. The van der Waals surface area contributed by atoms with Gasteiger partial charge in [-0.3, -0.25) is 0 Å². The monoisotopic (exact) mass is 328 g/mol. The minimum atomic E-state index is 0. The van der Waals surface area contributed by atoms with E-state index in [0.29, 0.717) is 0 Å². The smallest absolute Gasteiger partial charge is 0 e. The van der Waals surface area contributed by atoms with E-state index in [1.165, 1.54) is 38.5 Å². The van der Waals surface area contributed by atoms with Gasteiger partial charge in [-0.05, 0) is 0 Å². The summed E-state index contributed by atoms with van der Waals surface area (Å²) in [6, 6.07) is 0. The van der Waals surface area contributed by atoms with Crippen LogP contribution in [0.2, 0.25) is 0 Å². The Morgan fingerprint density at radius 1 is 0.545 bits per heavy atom. The van der Waals surface area contributed by atoms with Crippen LogP contribution in [0.5, 0.6) is 0 Å². The van der Waals surface area contributed by atoms with Crippen LogP contribution in [-0.4, -0.2) is 0 Å². The predicted molar refractivity (Wildman–Crippen MR) is 50.4 cm³/mol. The molecule has 0 aromatic carbocycles. The van der Waals surface area contributed by atoms with Gasteiger partial charge in [0.25, 0.3) is 0 Å². The van der Waals surface area contributed by atoms with E-state index < -0.39 is 0 Å². The van der Waals surface area contributed by atoms with E-state index in [4.69, 9.17) is 0 Å². The molecule has 0 aromatic rings. The molecule has 0 saturated heterocycles. The Morgan fingerprint density at radius 3 is 0.727 bits per heavy atom. The van der Waals surface area contributed by atoms with E-state index in [1.807, 2.05) is 0 Å². The fraction of sp³-hybridized carbons (Fsp3) is 1.00. The third-order valence-corrected chi connectivity index (χ3v) is 1.41. The van der Waals surface area contributed by atoms with Crippen molar-refractivity contribution in [1.29, 1.82) is 0 Å². The first-order chi connectivity index (χ1) is 4.83. The van der Waals surface area contributed by atoms with E-state index >= 15 is 0 Å². The summed E-state index contributed by atoms with van der Waals surface area (Å²) in [7, 11) is 0. The Labute approximate surface area is 87.4 Å². The van der Waals surface area contributed by atoms with Crippen LogP contribution in [0.3, 0.4) is 0 Å². The molecule has 1 heteroatoms. The summed E-state index contributed by atoms with van der Waals surface area (Å²) in [5, 5.41) is 0. The molecule has 0 atom stereocenters. The third kappa shape index (κ3) is 36.7. The maximum atomic E-state index is 2.21. The van der Waals surface area contributed by atoms with Crippen molar-refractivity contribution in [3.63, 3.8) is 0 Å². The van der Waals surface area contributed by atoms with E-state index in [1.54, 1.807) is 0 Å². The maximum absolute atomic E-state index is 2.21. The van der Waals surface area contributed by atoms with Crippen molar-refractivity contribution in [2.45, 2.75) is 66.2 Å². The van der Waals surface area contributed by atoms with Crippen LogP contribution in [0.4, 0.5) is 0 Å². The first kappa shape index (κ1) is 17.7. The van der Waals surface area contributed by atoms with Crippen molar-refractivity contribution in [1.82, 2.24) is 0 Å². The molecule has 0 heterocycles. The molecule has 0 radical (unpaired) electrons. The zero-order chi connectivity index (χ0) is 8.24. The Balaban J connectivity index is -0.000000107. The van der Waals surface area contributed by atoms with Gasteiger partial charge in [-0.15, -0.1) is 0 Å². The maximum Gasteiger partial charge on any atom is 0 e. The number of hydrogen-bond donors (Lipinski definition) is 0. The van der Waals surface area contributed by atoms with Crippen molar-refractivity contribution in [3.05, 3.63) is 0 Å². The fourth-order valence-electron chi connectivity index (χ4n) is 0.707. The molecule has 0 rings (SSSR count). The largest absolute Gasteiger partial charge is 0.0654 e. The minimum Gasteiger partial charge on any atom is -0.0654 e. The van der Waals surface area contributed by atoms with Gasteiger partial charge >= 0.3 is 0 Å². The molecule has 0 aliphatic heterocycles. The molecule has 0 saturated carbocycles. The summed E-state index contributed by atoms with van der Waals surface area (Å²) in [6.07, 6.45) is 8.15. The molecule has 0 aliphatic carbocycles. The average Bonchev–Trinajstić information content (AvgIpc) is 1.93. The molecule has 0 amide bonds. The average molecular weight is 328 g/mol. The van der Waals surface area contributed by atoms with Gasteiger partial charge in [0.2, 0.25) is 0 Å². The minimum absolute atomic E-state index is 0. The van der Waals surface area contributed by atoms with Crippen LogP contribution < -0.4 is 0 Å². The van der Waals surface area contributed by atoms with Crippen LogP contribution >= 0.6 is 0 Å². The van der Waals surface area contributed by atoms with Gasteiger partial charge in [-0.1, -0.05) is 66.2 Å². The van der Waals surface area contributed by atoms with Crippen molar-refractivity contribution in [3.8, 4) is 0 Å². The van der Waals surface area contributed by atoms with Crippen LogP contribution in [0.1, 0.15) is 66.2 Å². The van der Waals surface area contributed by atoms with Crippen LogP contribution in [0.25, 0.3) is 0 Å². The van der Waals surface area contributed by atoms with Gasteiger partial charge in [0, 0.05) is 21.1 Å². The first-order valence-corrected chi connectivity index (χ1v) is 4.83. The molecule has 11 heavy (non-hydrogen) atoms. The summed E-state index contributed by atoms with van der Waals surface area (Å²) in [6.45, 7) is 8.85. The molecular formula is C10H24W. The van der Waals surface area contributed by atoms with E-state index in [0.717, 1.165) is 0 Å². The molecule has 0 fully saturated rings. The Morgan fingerprint density at radius 2 is 0.727 bits per heavy atom. The Hall–Kier alpha value is 0.688. The second-order valence-corrected chi connectivity index (χ2v) is 2.71. The topological polar surface area (TPSA) is 0 Å². The summed E-state index contributed by atoms with van der Waals surface area (Å²) in [5.41, 5.74) is 0. The van der Waals surface area contributed by atoms with Crippen molar-refractivity contribution in [2.75, 3.05) is 0 Å². The van der Waals surface area contributed by atoms with Gasteiger partial charge in [-0.25, -0.2) is 0 Å². The van der Waals surface area contributed by atoms with Crippen molar-refractivity contribution in [2.24, 2.45) is 0 Å². The molecule has 0 aliphatic rings. The van der Waals surface area contributed by atoms with Gasteiger partial charge < -0.3 is 0 Å². The van der Waals surface area contributed by atoms with Crippen molar-refractivity contribution >= 4 is 0 Å². The molecule has 0 spiro atoms. The quantitative estimate of drug-likeness (QED) is 0.718. The van der Waals surface area contributed by atoms with Gasteiger partial charge in [0.15, 0.2) is 0 Å². The van der Waals surface area contributed by atoms with Crippen LogP contribution in [0.15, 0.2) is 0 Å². The summed E-state index contributed by atoms with van der Waals surface area (Å²) < 4.78 is 0. The van der Waals surface area contributed by atoms with Gasteiger partial charge in [-0.2, -0.15) is 0 Å². The Kier molecular flexibility index (Phi) is 36.1. The standard InChI is InChI=1S/2C5H12.W/c2*1-3-5-4-2;/h2*3-5H2,1-2H3;. The zero-order valence-corrected chi connectivity index (χ0v) is 11.6. The zero-order valence-electron chi connectivity index (χ0n) is 8.65. The number of rotatable bonds is 4. The Bertz CT molecular complexity index is 25.9. The number of hydrogen-bond acceptors (Lipinski definition) is 0. The SMILES string of the molecule is CCCCC.CCCCC.[W]. The van der Waals surface area contributed by atoms with E-state index in [9.17, 15) is 0 Å². The number of unbranched alkanes of at least 4 members (excludes halogenated alkanes) is 4. The van der Waals surface area contributed by atoms with Gasteiger partial charge in [0.05, 0.1) is 0 Å². The van der Waals surface area contributed by atoms with Crippen LogP contribution in [0, 0.1) is 0 Å². The van der Waals surface area contributed by atoms with Gasteiger partial charge in [0.1, 0.15) is 0 Å². The molecule has 0 nitrogen and oxygen atoms in total. The molecule has 0 bridgehead atoms. The predicted octanol–water partition coefficient (Wildman–Crippen LogP) is 4.39. The molecule has 0 aromatic heterocycles. The van der Waals surface area contributed by atoms with Crippen molar-refractivity contribution < 1.29 is 21.1 Å². The second kappa shape index (κ2) is 22.4. The molecule has 0 N–H and O–H groups in total.